The Morgan fingerprint density at radius 1 is 1.29 bits per heavy atom. The second kappa shape index (κ2) is 8.40. The Morgan fingerprint density at radius 3 is 2.67 bits per heavy atom. The molecule has 0 radical (unpaired) electrons. The molecule has 0 amide bonds. The van der Waals surface area contributed by atoms with Gasteiger partial charge < -0.3 is 15.0 Å². The van der Waals surface area contributed by atoms with Crippen LogP contribution >= 0.6 is 0 Å². The molecule has 1 aromatic carbocycles. The number of para-hydroxylation sites is 1. The number of benzene rings is 1. The van der Waals surface area contributed by atoms with E-state index in [4.69, 9.17) is 4.74 Å². The molecule has 0 spiro atoms. The number of nitrogens with zero attached hydrogens (tertiary/aromatic N) is 1. The highest BCUT2D eigenvalue weighted by Crippen LogP contribution is 2.26. The van der Waals surface area contributed by atoms with Gasteiger partial charge in [0, 0.05) is 24.7 Å². The Balaban J connectivity index is 1.82. The number of piperidine rings is 1. The van der Waals surface area contributed by atoms with E-state index in [1.807, 2.05) is 12.1 Å². The molecular weight excluding hydrogens is 260 g/mol. The number of ether oxygens (including phenoxy) is 1. The number of hydrogen-bond donors (Lipinski definition) is 1. The van der Waals surface area contributed by atoms with Gasteiger partial charge in [-0.1, -0.05) is 32.0 Å². The first-order chi connectivity index (χ1) is 10.2. The molecule has 1 N–H and O–H groups in total. The van der Waals surface area contributed by atoms with Gasteiger partial charge in [-0.25, -0.2) is 0 Å². The molecule has 0 aromatic heterocycles. The van der Waals surface area contributed by atoms with Crippen molar-refractivity contribution in [1.82, 2.24) is 10.2 Å². The Hall–Kier alpha value is -1.06. The van der Waals surface area contributed by atoms with Crippen LogP contribution in [-0.4, -0.2) is 38.2 Å². The third-order valence-corrected chi connectivity index (χ3v) is 4.62. The molecule has 0 bridgehead atoms. The zero-order chi connectivity index (χ0) is 15.1. The van der Waals surface area contributed by atoms with Crippen LogP contribution in [0, 0.1) is 5.92 Å². The summed E-state index contributed by atoms with van der Waals surface area (Å²) in [7, 11) is 1.75. The zero-order valence-electron chi connectivity index (χ0n) is 13.8. The molecule has 1 heterocycles. The van der Waals surface area contributed by atoms with Crippen LogP contribution in [0.25, 0.3) is 0 Å². The summed E-state index contributed by atoms with van der Waals surface area (Å²) in [5.41, 5.74) is 1.27. The highest BCUT2D eigenvalue weighted by Gasteiger charge is 2.17. The van der Waals surface area contributed by atoms with Crippen molar-refractivity contribution in [3.8, 4) is 5.75 Å². The van der Waals surface area contributed by atoms with Crippen LogP contribution < -0.4 is 10.1 Å². The van der Waals surface area contributed by atoms with Crippen molar-refractivity contribution >= 4 is 0 Å². The lowest BCUT2D eigenvalue weighted by atomic mass is 9.99. The van der Waals surface area contributed by atoms with Gasteiger partial charge in [-0.05, 0) is 44.3 Å². The first-order valence-corrected chi connectivity index (χ1v) is 8.33. The fourth-order valence-corrected chi connectivity index (χ4v) is 3.11. The summed E-state index contributed by atoms with van der Waals surface area (Å²) in [5, 5.41) is 3.70. The van der Waals surface area contributed by atoms with Crippen LogP contribution in [0.15, 0.2) is 24.3 Å². The molecule has 1 atom stereocenters. The second-order valence-electron chi connectivity index (χ2n) is 6.18. The van der Waals surface area contributed by atoms with Gasteiger partial charge in [0.25, 0.3) is 0 Å². The lowest BCUT2D eigenvalue weighted by Crippen LogP contribution is -2.38. The maximum Gasteiger partial charge on any atom is 0.123 e. The maximum atomic E-state index is 5.49. The molecule has 2 rings (SSSR count). The monoisotopic (exact) mass is 290 g/mol. The second-order valence-corrected chi connectivity index (χ2v) is 6.18. The molecule has 1 aromatic rings. The first-order valence-electron chi connectivity index (χ1n) is 8.33. The van der Waals surface area contributed by atoms with Gasteiger partial charge in [0.2, 0.25) is 0 Å². The van der Waals surface area contributed by atoms with E-state index >= 15 is 0 Å². The van der Waals surface area contributed by atoms with Crippen molar-refractivity contribution in [2.24, 2.45) is 5.92 Å². The minimum absolute atomic E-state index is 0.380. The van der Waals surface area contributed by atoms with Crippen molar-refractivity contribution in [3.63, 3.8) is 0 Å². The summed E-state index contributed by atoms with van der Waals surface area (Å²) >= 11 is 0. The number of methoxy groups -OCH3 is 1. The summed E-state index contributed by atoms with van der Waals surface area (Å²) in [6.45, 7) is 9.31. The standard InChI is InChI=1S/C18H30N2O/c1-4-17(16-7-5-6-8-18(16)21-3)19-11-14-20-12-9-15(2)10-13-20/h5-8,15,17,19H,4,9-14H2,1-3H3. The molecule has 1 aliphatic rings. The molecule has 21 heavy (non-hydrogen) atoms. The van der Waals surface area contributed by atoms with Gasteiger partial charge in [-0.2, -0.15) is 0 Å². The Bertz CT molecular complexity index is 413. The number of hydrogen-bond acceptors (Lipinski definition) is 3. The maximum absolute atomic E-state index is 5.49. The van der Waals surface area contributed by atoms with Gasteiger partial charge in [-0.3, -0.25) is 0 Å². The van der Waals surface area contributed by atoms with Crippen LogP contribution in [0.1, 0.15) is 44.7 Å². The molecule has 3 nitrogen and oxygen atoms in total. The molecule has 1 aliphatic heterocycles. The smallest absolute Gasteiger partial charge is 0.123 e. The van der Waals surface area contributed by atoms with E-state index in [1.165, 1.54) is 31.5 Å². The van der Waals surface area contributed by atoms with E-state index in [2.05, 4.69) is 36.2 Å². The Labute approximate surface area is 129 Å². The van der Waals surface area contributed by atoms with Gasteiger partial charge in [0.15, 0.2) is 0 Å². The molecule has 3 heteroatoms. The van der Waals surface area contributed by atoms with Gasteiger partial charge in [-0.15, -0.1) is 0 Å². The van der Waals surface area contributed by atoms with Crippen LogP contribution in [-0.2, 0) is 0 Å². The molecule has 1 unspecified atom stereocenters. The van der Waals surface area contributed by atoms with Crippen LogP contribution in [0.4, 0.5) is 0 Å². The first kappa shape index (κ1) is 16.3. The normalized spacial score (nSPS) is 18.6. The molecule has 0 saturated carbocycles. The topological polar surface area (TPSA) is 24.5 Å². The lowest BCUT2D eigenvalue weighted by molar-refractivity contribution is 0.191. The summed E-state index contributed by atoms with van der Waals surface area (Å²) < 4.78 is 5.49. The summed E-state index contributed by atoms with van der Waals surface area (Å²) in [5.74, 6) is 1.90. The van der Waals surface area contributed by atoms with Gasteiger partial charge in [0.1, 0.15) is 5.75 Å². The minimum Gasteiger partial charge on any atom is -0.496 e. The summed E-state index contributed by atoms with van der Waals surface area (Å²) in [6.07, 6.45) is 3.78. The fraction of sp³-hybridized carbons (Fsp3) is 0.667. The predicted molar refractivity (Wildman–Crippen MR) is 88.9 cm³/mol. The van der Waals surface area contributed by atoms with Crippen molar-refractivity contribution in [3.05, 3.63) is 29.8 Å². The Morgan fingerprint density at radius 2 is 2.00 bits per heavy atom. The van der Waals surface area contributed by atoms with Crippen molar-refractivity contribution < 1.29 is 4.74 Å². The average molecular weight is 290 g/mol. The highest BCUT2D eigenvalue weighted by molar-refractivity contribution is 5.35. The number of rotatable bonds is 7. The summed E-state index contributed by atoms with van der Waals surface area (Å²) in [6, 6.07) is 8.72. The molecular formula is C18H30N2O. The lowest BCUT2D eigenvalue weighted by Gasteiger charge is -2.31. The van der Waals surface area contributed by atoms with E-state index in [0.29, 0.717) is 6.04 Å². The van der Waals surface area contributed by atoms with E-state index in [0.717, 1.165) is 31.2 Å². The largest absolute Gasteiger partial charge is 0.496 e. The number of likely N-dealkylation sites (tertiary alicyclic amines) is 1. The third-order valence-electron chi connectivity index (χ3n) is 4.62. The van der Waals surface area contributed by atoms with Gasteiger partial charge >= 0.3 is 0 Å². The van der Waals surface area contributed by atoms with E-state index in [-0.39, 0.29) is 0 Å². The van der Waals surface area contributed by atoms with E-state index in [1.54, 1.807) is 7.11 Å². The van der Waals surface area contributed by atoms with Crippen molar-refractivity contribution in [1.29, 1.82) is 0 Å². The summed E-state index contributed by atoms with van der Waals surface area (Å²) in [4.78, 5) is 2.59. The van der Waals surface area contributed by atoms with Crippen LogP contribution in [0.5, 0.6) is 5.75 Å². The average Bonchev–Trinajstić information content (AvgIpc) is 2.53. The molecule has 1 saturated heterocycles. The van der Waals surface area contributed by atoms with Gasteiger partial charge in [0.05, 0.1) is 7.11 Å². The zero-order valence-corrected chi connectivity index (χ0v) is 13.8. The molecule has 118 valence electrons. The SMILES string of the molecule is CCC(NCCN1CCC(C)CC1)c1ccccc1OC. The molecule has 0 aliphatic carbocycles. The van der Waals surface area contributed by atoms with E-state index in [9.17, 15) is 0 Å². The number of nitrogens with one attached hydrogen (secondary N) is 1. The Kier molecular flexibility index (Phi) is 6.52. The van der Waals surface area contributed by atoms with E-state index < -0.39 is 0 Å². The third kappa shape index (κ3) is 4.72. The van der Waals surface area contributed by atoms with Crippen LogP contribution in [0.3, 0.4) is 0 Å². The van der Waals surface area contributed by atoms with Crippen LogP contribution in [0.2, 0.25) is 0 Å². The van der Waals surface area contributed by atoms with Crippen molar-refractivity contribution in [2.75, 3.05) is 33.3 Å². The highest BCUT2D eigenvalue weighted by atomic mass is 16.5. The van der Waals surface area contributed by atoms with Crippen molar-refractivity contribution in [2.45, 2.75) is 39.2 Å². The predicted octanol–water partition coefficient (Wildman–Crippen LogP) is 3.47. The fourth-order valence-electron chi connectivity index (χ4n) is 3.11. The molecule has 1 fully saturated rings. The quantitative estimate of drug-likeness (QED) is 0.832. The minimum atomic E-state index is 0.380.